The molecule has 0 spiro atoms. The molecule has 0 unspecified atom stereocenters. The first-order valence-corrected chi connectivity index (χ1v) is 2.45. The molecule has 0 aliphatic carbocycles. The molecule has 0 saturated carbocycles. The normalized spacial score (nSPS) is 12.4. The minimum atomic E-state index is -0.102. The Kier molecular flexibility index (Phi) is 9.86. The molecule has 0 radical (unpaired) electrons. The van der Waals surface area contributed by atoms with Crippen molar-refractivity contribution in [3.63, 3.8) is 0 Å². The zero-order valence-electron chi connectivity index (χ0n) is 4.44. The molecule has 7 heavy (non-hydrogen) atoms. The van der Waals surface area contributed by atoms with Crippen molar-refractivity contribution in [2.24, 2.45) is 0 Å². The van der Waals surface area contributed by atoms with E-state index < -0.39 is 0 Å². The van der Waals surface area contributed by atoms with E-state index in [4.69, 9.17) is 5.11 Å². The van der Waals surface area contributed by atoms with Crippen LogP contribution in [0.5, 0.6) is 0 Å². The van der Waals surface area contributed by atoms with Crippen LogP contribution >= 0.6 is 0 Å². The van der Waals surface area contributed by atoms with E-state index in [2.05, 4.69) is 6.92 Å². The van der Waals surface area contributed by atoms with E-state index in [0.717, 1.165) is 12.8 Å². The molecule has 0 aromatic carbocycles. The van der Waals surface area contributed by atoms with Gasteiger partial charge in [0.15, 0.2) is 0 Å². The predicted octanol–water partition coefficient (Wildman–Crippen LogP) is 0.519. The SMILES string of the molecule is CCC[C@H](C)O.[LiH]. The molecular weight excluding hydrogens is 83.0 g/mol. The molecule has 0 aromatic rings. The van der Waals surface area contributed by atoms with E-state index in [1.807, 2.05) is 6.92 Å². The molecule has 0 rings (SSSR count). The number of aliphatic hydroxyl groups excluding tert-OH is 1. The minimum absolute atomic E-state index is 0. The molecule has 40 valence electrons. The molecule has 1 nitrogen and oxygen atoms in total. The van der Waals surface area contributed by atoms with E-state index in [9.17, 15) is 0 Å². The van der Waals surface area contributed by atoms with Crippen molar-refractivity contribution in [2.75, 3.05) is 0 Å². The van der Waals surface area contributed by atoms with Gasteiger partial charge in [0.25, 0.3) is 0 Å². The van der Waals surface area contributed by atoms with Crippen LogP contribution < -0.4 is 0 Å². The van der Waals surface area contributed by atoms with Crippen molar-refractivity contribution in [2.45, 2.75) is 32.8 Å². The third kappa shape index (κ3) is 10.8. The van der Waals surface area contributed by atoms with Gasteiger partial charge in [0, 0.05) is 0 Å². The summed E-state index contributed by atoms with van der Waals surface area (Å²) in [5.74, 6) is 0. The van der Waals surface area contributed by atoms with Gasteiger partial charge in [-0.1, -0.05) is 13.3 Å². The van der Waals surface area contributed by atoms with Gasteiger partial charge in [-0.25, -0.2) is 0 Å². The first-order chi connectivity index (χ1) is 2.77. The van der Waals surface area contributed by atoms with Crippen LogP contribution in [0.1, 0.15) is 26.7 Å². The van der Waals surface area contributed by atoms with Crippen LogP contribution in [0.3, 0.4) is 0 Å². The van der Waals surface area contributed by atoms with Crippen LogP contribution in [0.15, 0.2) is 0 Å². The van der Waals surface area contributed by atoms with Crippen LogP contribution in [-0.4, -0.2) is 30.1 Å². The number of hydrogen-bond acceptors (Lipinski definition) is 1. The van der Waals surface area contributed by atoms with Gasteiger partial charge in [-0.2, -0.15) is 0 Å². The second kappa shape index (κ2) is 6.56. The van der Waals surface area contributed by atoms with E-state index in [1.54, 1.807) is 0 Å². The predicted molar refractivity (Wildman–Crippen MR) is 33.7 cm³/mol. The summed E-state index contributed by atoms with van der Waals surface area (Å²) < 4.78 is 0. The summed E-state index contributed by atoms with van der Waals surface area (Å²) in [6.45, 7) is 3.87. The van der Waals surface area contributed by atoms with Crippen LogP contribution in [0, 0.1) is 0 Å². The molecule has 0 fully saturated rings. The van der Waals surface area contributed by atoms with Gasteiger partial charge in [-0.15, -0.1) is 0 Å². The van der Waals surface area contributed by atoms with Crippen LogP contribution in [-0.2, 0) is 0 Å². The van der Waals surface area contributed by atoms with Crippen LogP contribution in [0.4, 0.5) is 0 Å². The molecule has 0 aliphatic heterocycles. The Bertz CT molecular complexity index is 29.3. The maximum atomic E-state index is 8.55. The topological polar surface area (TPSA) is 20.2 Å². The fraction of sp³-hybridized carbons (Fsp3) is 1.00. The van der Waals surface area contributed by atoms with Crippen molar-refractivity contribution < 1.29 is 5.11 Å². The first-order valence-electron chi connectivity index (χ1n) is 2.45. The summed E-state index contributed by atoms with van der Waals surface area (Å²) in [6.07, 6.45) is 1.91. The molecule has 0 aliphatic rings. The van der Waals surface area contributed by atoms with E-state index in [-0.39, 0.29) is 25.0 Å². The Balaban J connectivity index is 0. The van der Waals surface area contributed by atoms with Crippen molar-refractivity contribution in [3.8, 4) is 0 Å². The third-order valence-electron chi connectivity index (χ3n) is 0.706. The molecule has 0 amide bonds. The average molecular weight is 96.1 g/mol. The van der Waals surface area contributed by atoms with Crippen molar-refractivity contribution in [3.05, 3.63) is 0 Å². The van der Waals surface area contributed by atoms with Crippen molar-refractivity contribution >= 4 is 18.9 Å². The Morgan fingerprint density at radius 1 is 1.57 bits per heavy atom. The van der Waals surface area contributed by atoms with Gasteiger partial charge >= 0.3 is 18.9 Å². The zero-order valence-corrected chi connectivity index (χ0v) is 4.44. The summed E-state index contributed by atoms with van der Waals surface area (Å²) in [4.78, 5) is 0. The monoisotopic (exact) mass is 96.1 g/mol. The van der Waals surface area contributed by atoms with Crippen molar-refractivity contribution in [1.82, 2.24) is 0 Å². The molecule has 0 heterocycles. The molecule has 1 N–H and O–H groups in total. The van der Waals surface area contributed by atoms with Gasteiger partial charge < -0.3 is 5.11 Å². The third-order valence-corrected chi connectivity index (χ3v) is 0.706. The molecule has 0 saturated heterocycles. The zero-order chi connectivity index (χ0) is 4.99. The standard InChI is InChI=1S/C5H12O.Li.H/c1-3-4-5(2)6;;/h5-6H,3-4H2,1-2H3;;/t5-;;/m0../s1. The summed E-state index contributed by atoms with van der Waals surface area (Å²) in [5, 5.41) is 8.55. The first kappa shape index (κ1) is 10.5. The number of hydrogen-bond donors (Lipinski definition) is 1. The van der Waals surface area contributed by atoms with Gasteiger partial charge in [0.05, 0.1) is 6.10 Å². The summed E-state index contributed by atoms with van der Waals surface area (Å²) >= 11 is 0. The molecule has 2 heteroatoms. The fourth-order valence-electron chi connectivity index (χ4n) is 0.418. The van der Waals surface area contributed by atoms with E-state index in [0.29, 0.717) is 0 Å². The van der Waals surface area contributed by atoms with Gasteiger partial charge in [-0.3, -0.25) is 0 Å². The average Bonchev–Trinajstić information content (AvgIpc) is 1.35. The number of rotatable bonds is 2. The fourth-order valence-corrected chi connectivity index (χ4v) is 0.418. The van der Waals surface area contributed by atoms with Gasteiger partial charge in [-0.05, 0) is 13.3 Å². The Labute approximate surface area is 57.3 Å². The molecule has 0 aromatic heterocycles. The Morgan fingerprint density at radius 2 is 2.00 bits per heavy atom. The second-order valence-corrected chi connectivity index (χ2v) is 1.64. The molecule has 0 bridgehead atoms. The summed E-state index contributed by atoms with van der Waals surface area (Å²) in [7, 11) is 0. The summed E-state index contributed by atoms with van der Waals surface area (Å²) in [6, 6.07) is 0. The van der Waals surface area contributed by atoms with Gasteiger partial charge in [0.2, 0.25) is 0 Å². The molecular formula is C5H13LiO. The van der Waals surface area contributed by atoms with Crippen LogP contribution in [0.2, 0.25) is 0 Å². The Morgan fingerprint density at radius 3 is 2.00 bits per heavy atom. The molecule has 1 atom stereocenters. The second-order valence-electron chi connectivity index (χ2n) is 1.64. The van der Waals surface area contributed by atoms with Crippen LogP contribution in [0.25, 0.3) is 0 Å². The van der Waals surface area contributed by atoms with E-state index >= 15 is 0 Å². The number of aliphatic hydroxyl groups is 1. The maximum absolute atomic E-state index is 8.55. The van der Waals surface area contributed by atoms with Gasteiger partial charge in [0.1, 0.15) is 0 Å². The summed E-state index contributed by atoms with van der Waals surface area (Å²) in [5.41, 5.74) is 0. The Hall–Kier alpha value is 0.557. The van der Waals surface area contributed by atoms with E-state index in [1.165, 1.54) is 0 Å². The van der Waals surface area contributed by atoms with Crippen molar-refractivity contribution in [1.29, 1.82) is 0 Å². The quantitative estimate of drug-likeness (QED) is 0.497.